The molecule has 160 valence electrons. The second-order valence-electron chi connectivity index (χ2n) is 6.96. The van der Waals surface area contributed by atoms with Crippen molar-refractivity contribution >= 4 is 34.0 Å². The van der Waals surface area contributed by atoms with Crippen molar-refractivity contribution in [2.75, 3.05) is 39.2 Å². The molecule has 0 bridgehead atoms. The zero-order chi connectivity index (χ0) is 21.7. The molecule has 9 heteroatoms. The molecule has 3 aromatic rings. The highest BCUT2D eigenvalue weighted by Gasteiger charge is 2.13. The Morgan fingerprint density at radius 3 is 2.73 bits per heavy atom. The number of anilines is 2. The van der Waals surface area contributed by atoms with Gasteiger partial charge in [0.05, 0.1) is 23.8 Å². The van der Waals surface area contributed by atoms with Gasteiger partial charge in [-0.15, -0.1) is 0 Å². The molecule has 7 nitrogen and oxygen atoms in total. The van der Waals surface area contributed by atoms with Crippen LogP contribution in [0.15, 0.2) is 36.7 Å². The van der Waals surface area contributed by atoms with Crippen LogP contribution in [0.1, 0.15) is 6.92 Å². The molecule has 0 aliphatic rings. The van der Waals surface area contributed by atoms with Gasteiger partial charge in [0.1, 0.15) is 24.6 Å². The summed E-state index contributed by atoms with van der Waals surface area (Å²) in [6.45, 7) is 3.35. The lowest BCUT2D eigenvalue weighted by molar-refractivity contribution is 0.130. The van der Waals surface area contributed by atoms with Crippen molar-refractivity contribution in [2.24, 2.45) is 0 Å². The highest BCUT2D eigenvalue weighted by molar-refractivity contribution is 6.31. The van der Waals surface area contributed by atoms with Crippen LogP contribution in [0.25, 0.3) is 10.9 Å². The smallest absolute Gasteiger partial charge is 0.162 e. The van der Waals surface area contributed by atoms with Crippen LogP contribution >= 0.6 is 11.6 Å². The fraction of sp³-hybridized carbons (Fsp3) is 0.333. The van der Waals surface area contributed by atoms with Gasteiger partial charge >= 0.3 is 0 Å². The molecule has 2 N–H and O–H groups in total. The highest BCUT2D eigenvalue weighted by atomic mass is 35.5. The van der Waals surface area contributed by atoms with E-state index < -0.39 is 11.9 Å². The van der Waals surface area contributed by atoms with Crippen LogP contribution < -0.4 is 14.8 Å². The minimum Gasteiger partial charge on any atom is -0.493 e. The first-order chi connectivity index (χ1) is 14.4. The predicted molar refractivity (Wildman–Crippen MR) is 115 cm³/mol. The van der Waals surface area contributed by atoms with Crippen LogP contribution in [0.4, 0.5) is 15.9 Å². The largest absolute Gasteiger partial charge is 0.493 e. The summed E-state index contributed by atoms with van der Waals surface area (Å²) in [5.74, 6) is 1.14. The Labute approximate surface area is 179 Å². The summed E-state index contributed by atoms with van der Waals surface area (Å²) in [4.78, 5) is 10.6. The van der Waals surface area contributed by atoms with Crippen LogP contribution in [0.2, 0.25) is 5.02 Å². The number of nitrogens with zero attached hydrogens (tertiary/aromatic N) is 3. The summed E-state index contributed by atoms with van der Waals surface area (Å²) in [5.41, 5.74) is 1.26. The average molecular weight is 435 g/mol. The number of likely N-dealkylation sites (N-methyl/N-ethyl adjacent to an activating group) is 1. The number of nitrogens with one attached hydrogen (secondary N) is 1. The van der Waals surface area contributed by atoms with Gasteiger partial charge in [-0.05, 0) is 38.2 Å². The van der Waals surface area contributed by atoms with Gasteiger partial charge in [-0.2, -0.15) is 0 Å². The maximum Gasteiger partial charge on any atom is 0.162 e. The Bertz CT molecular complexity index is 1020. The van der Waals surface area contributed by atoms with E-state index in [1.54, 1.807) is 32.2 Å². The van der Waals surface area contributed by atoms with Gasteiger partial charge in [-0.1, -0.05) is 11.6 Å². The predicted octanol–water partition coefficient (Wildman–Crippen LogP) is 3.87. The maximum absolute atomic E-state index is 13.4. The Kier molecular flexibility index (Phi) is 7.25. The second-order valence-corrected chi connectivity index (χ2v) is 7.36. The van der Waals surface area contributed by atoms with Crippen LogP contribution in [0, 0.1) is 5.82 Å². The molecule has 3 rings (SSSR count). The molecular formula is C21H24ClFN4O3. The molecule has 30 heavy (non-hydrogen) atoms. The van der Waals surface area contributed by atoms with E-state index in [1.165, 1.54) is 18.5 Å². The number of hydrogen-bond acceptors (Lipinski definition) is 7. The number of methoxy groups -OCH3 is 1. The number of hydrogen-bond donors (Lipinski definition) is 2. The zero-order valence-electron chi connectivity index (χ0n) is 17.0. The molecule has 0 amide bonds. The lowest BCUT2D eigenvalue weighted by Crippen LogP contribution is -2.30. The molecular weight excluding hydrogens is 411 g/mol. The van der Waals surface area contributed by atoms with Crippen molar-refractivity contribution in [2.45, 2.75) is 13.0 Å². The fourth-order valence-electron chi connectivity index (χ4n) is 3.00. The number of aliphatic hydroxyl groups excluding tert-OH is 1. The normalized spacial score (nSPS) is 12.2. The van der Waals surface area contributed by atoms with Crippen molar-refractivity contribution in [3.05, 3.63) is 47.5 Å². The second kappa shape index (κ2) is 9.88. The number of benzene rings is 2. The Morgan fingerprint density at radius 2 is 2.03 bits per heavy atom. The Morgan fingerprint density at radius 1 is 1.23 bits per heavy atom. The first-order valence-electron chi connectivity index (χ1n) is 9.41. The van der Waals surface area contributed by atoms with E-state index in [1.807, 2.05) is 11.9 Å². The van der Waals surface area contributed by atoms with E-state index in [9.17, 15) is 9.50 Å². The Balaban J connectivity index is 1.85. The van der Waals surface area contributed by atoms with E-state index in [2.05, 4.69) is 15.3 Å². The average Bonchev–Trinajstić information content (AvgIpc) is 2.70. The third-order valence-corrected chi connectivity index (χ3v) is 4.70. The van der Waals surface area contributed by atoms with Gasteiger partial charge in [0, 0.05) is 30.2 Å². The Hall–Kier alpha value is -2.68. The fourth-order valence-corrected chi connectivity index (χ4v) is 3.18. The van der Waals surface area contributed by atoms with Crippen LogP contribution in [0.3, 0.4) is 0 Å². The molecule has 0 aliphatic carbocycles. The number of ether oxygens (including phenoxy) is 2. The van der Waals surface area contributed by atoms with Crippen molar-refractivity contribution in [3.63, 3.8) is 0 Å². The summed E-state index contributed by atoms with van der Waals surface area (Å²) < 4.78 is 24.8. The minimum absolute atomic E-state index is 0.0189. The maximum atomic E-state index is 13.4. The van der Waals surface area contributed by atoms with Crippen molar-refractivity contribution in [1.82, 2.24) is 14.9 Å². The van der Waals surface area contributed by atoms with Crippen molar-refractivity contribution in [1.29, 1.82) is 0 Å². The van der Waals surface area contributed by atoms with Gasteiger partial charge in [0.15, 0.2) is 11.5 Å². The van der Waals surface area contributed by atoms with E-state index in [0.717, 1.165) is 0 Å². The molecule has 0 fully saturated rings. The molecule has 1 aromatic heterocycles. The van der Waals surface area contributed by atoms with Gasteiger partial charge in [0.2, 0.25) is 0 Å². The number of rotatable bonds is 9. The number of aromatic nitrogens is 2. The van der Waals surface area contributed by atoms with Crippen molar-refractivity contribution < 1.29 is 19.0 Å². The zero-order valence-corrected chi connectivity index (χ0v) is 17.8. The number of halogens is 2. The molecule has 0 radical (unpaired) electrons. The molecule has 1 atom stereocenters. The first kappa shape index (κ1) is 22.0. The topological polar surface area (TPSA) is 79.7 Å². The molecule has 2 aromatic carbocycles. The monoisotopic (exact) mass is 434 g/mol. The lowest BCUT2D eigenvalue weighted by Gasteiger charge is -2.19. The van der Waals surface area contributed by atoms with E-state index in [4.69, 9.17) is 21.1 Å². The highest BCUT2D eigenvalue weighted by Crippen LogP contribution is 2.35. The quantitative estimate of drug-likeness (QED) is 0.529. The van der Waals surface area contributed by atoms with Crippen LogP contribution in [-0.2, 0) is 0 Å². The van der Waals surface area contributed by atoms with Crippen LogP contribution in [0.5, 0.6) is 11.5 Å². The number of fused-ring (bicyclic) bond motifs is 1. The third kappa shape index (κ3) is 5.47. The first-order valence-corrected chi connectivity index (χ1v) is 9.79. The summed E-state index contributed by atoms with van der Waals surface area (Å²) in [6.07, 6.45) is 1.02. The molecule has 0 saturated heterocycles. The van der Waals surface area contributed by atoms with Crippen LogP contribution in [-0.4, -0.2) is 59.9 Å². The van der Waals surface area contributed by atoms with E-state index in [0.29, 0.717) is 53.6 Å². The standard InChI is InChI=1S/C21H24ClFN4O3/c1-13(28)11-27(2)6-7-30-20-9-15-18(10-19(20)29-3)24-12-25-21(15)26-14-4-5-17(23)16(22)8-14/h4-5,8-10,12-13,28H,6-7,11H2,1-3H3,(H,24,25,26)/t13-/m0/s1. The minimum atomic E-state index is -0.490. The molecule has 0 unspecified atom stereocenters. The summed E-state index contributed by atoms with van der Waals surface area (Å²) in [6, 6.07) is 7.93. The molecule has 0 spiro atoms. The van der Waals surface area contributed by atoms with Crippen molar-refractivity contribution in [3.8, 4) is 11.5 Å². The molecule has 0 saturated carbocycles. The summed E-state index contributed by atoms with van der Waals surface area (Å²) >= 11 is 5.87. The molecule has 1 heterocycles. The summed E-state index contributed by atoms with van der Waals surface area (Å²) in [7, 11) is 3.48. The third-order valence-electron chi connectivity index (χ3n) is 4.41. The SMILES string of the molecule is COc1cc2ncnc(Nc3ccc(F)c(Cl)c3)c2cc1OCCN(C)C[C@H](C)O. The van der Waals surface area contributed by atoms with Gasteiger partial charge in [0.25, 0.3) is 0 Å². The lowest BCUT2D eigenvalue weighted by atomic mass is 10.2. The number of aliphatic hydroxyl groups is 1. The summed E-state index contributed by atoms with van der Waals surface area (Å²) in [5, 5.41) is 13.3. The van der Waals surface area contributed by atoms with E-state index in [-0.39, 0.29) is 5.02 Å². The van der Waals surface area contributed by atoms with E-state index >= 15 is 0 Å². The van der Waals surface area contributed by atoms with Gasteiger partial charge in [-0.25, -0.2) is 14.4 Å². The van der Waals surface area contributed by atoms with Gasteiger partial charge < -0.3 is 24.8 Å². The van der Waals surface area contributed by atoms with Gasteiger partial charge in [-0.3, -0.25) is 0 Å². The molecule has 0 aliphatic heterocycles.